The molecule has 3 heterocycles. The molecule has 2 heteroatoms. The van der Waals surface area contributed by atoms with Gasteiger partial charge >= 0.3 is 0 Å². The van der Waals surface area contributed by atoms with Crippen LogP contribution in [0.1, 0.15) is 22.3 Å². The molecule has 0 aliphatic carbocycles. The Kier molecular flexibility index (Phi) is 2.74. The summed E-state index contributed by atoms with van der Waals surface area (Å²) in [6.45, 7) is 2.12. The first kappa shape index (κ1) is 13.3. The van der Waals surface area contributed by atoms with Crippen molar-refractivity contribution >= 4 is 22.6 Å². The van der Waals surface area contributed by atoms with Gasteiger partial charge in [-0.3, -0.25) is 0 Å². The molecule has 0 saturated carbocycles. The van der Waals surface area contributed by atoms with E-state index >= 15 is 0 Å². The predicted molar refractivity (Wildman–Crippen MR) is 99.2 cm³/mol. The van der Waals surface area contributed by atoms with Crippen LogP contribution in [-0.4, -0.2) is 9.55 Å². The lowest BCUT2D eigenvalue weighted by atomic mass is 9.94. The van der Waals surface area contributed by atoms with Crippen LogP contribution in [0.5, 0.6) is 0 Å². The van der Waals surface area contributed by atoms with Crippen LogP contribution in [0.25, 0.3) is 28.4 Å². The van der Waals surface area contributed by atoms with Gasteiger partial charge in [-0.2, -0.15) is 0 Å². The summed E-state index contributed by atoms with van der Waals surface area (Å²) in [5.41, 5.74) is 7.37. The predicted octanol–water partition coefficient (Wildman–Crippen LogP) is 5.24. The zero-order valence-electron chi connectivity index (χ0n) is 13.4. The number of nitrogens with zero attached hydrogens (tertiary/aromatic N) is 2. The molecule has 1 aliphatic rings. The monoisotopic (exact) mass is 308 g/mol. The Morgan fingerprint density at radius 3 is 2.62 bits per heavy atom. The summed E-state index contributed by atoms with van der Waals surface area (Å²) < 4.78 is 2.21. The van der Waals surface area contributed by atoms with Crippen molar-refractivity contribution in [2.24, 2.45) is 0 Å². The van der Waals surface area contributed by atoms with Crippen LogP contribution >= 0.6 is 0 Å². The van der Waals surface area contributed by atoms with Gasteiger partial charge in [-0.1, -0.05) is 48.0 Å². The lowest BCUT2D eigenvalue weighted by Gasteiger charge is -2.10. The number of pyridine rings is 1. The molecule has 0 spiro atoms. The number of para-hydroxylation sites is 1. The van der Waals surface area contributed by atoms with E-state index in [9.17, 15) is 0 Å². The Morgan fingerprint density at radius 2 is 1.75 bits per heavy atom. The van der Waals surface area contributed by atoms with Gasteiger partial charge in [0.25, 0.3) is 0 Å². The maximum Gasteiger partial charge on any atom is 0.144 e. The molecule has 0 fully saturated rings. The summed E-state index contributed by atoms with van der Waals surface area (Å²) in [5.74, 6) is 0.988. The largest absolute Gasteiger partial charge is 0.300 e. The number of aryl methyl sites for hydroxylation is 1. The molecule has 0 atom stereocenters. The quantitative estimate of drug-likeness (QED) is 0.414. The molecule has 0 radical (unpaired) electrons. The van der Waals surface area contributed by atoms with E-state index in [1.807, 2.05) is 12.3 Å². The lowest BCUT2D eigenvalue weighted by Crippen LogP contribution is -1.97. The van der Waals surface area contributed by atoms with Crippen LogP contribution in [0.3, 0.4) is 0 Å². The van der Waals surface area contributed by atoms with Gasteiger partial charge in [0.15, 0.2) is 0 Å². The van der Waals surface area contributed by atoms with Crippen LogP contribution in [0.2, 0.25) is 0 Å². The summed E-state index contributed by atoms with van der Waals surface area (Å²) in [7, 11) is 0. The molecule has 0 amide bonds. The molecule has 114 valence electrons. The fourth-order valence-corrected chi connectivity index (χ4v) is 3.52. The second-order valence-corrected chi connectivity index (χ2v) is 6.27. The average Bonchev–Trinajstić information content (AvgIpc) is 2.99. The molecule has 2 aromatic heterocycles. The Balaban J connectivity index is 1.91. The molecule has 0 bridgehead atoms. The van der Waals surface area contributed by atoms with E-state index in [1.54, 1.807) is 0 Å². The number of rotatable bonds is 1. The summed E-state index contributed by atoms with van der Waals surface area (Å²) in [5, 5.41) is 1.24. The van der Waals surface area contributed by atoms with Crippen LogP contribution in [-0.2, 0) is 0 Å². The molecule has 0 saturated heterocycles. The maximum atomic E-state index is 4.64. The average molecular weight is 308 g/mol. The van der Waals surface area contributed by atoms with Crippen molar-refractivity contribution in [3.8, 4) is 5.82 Å². The number of fused-ring (bicyclic) bond motifs is 2. The van der Waals surface area contributed by atoms with E-state index < -0.39 is 0 Å². The summed E-state index contributed by atoms with van der Waals surface area (Å²) in [6, 6.07) is 21.5. The topological polar surface area (TPSA) is 17.8 Å². The number of aromatic nitrogens is 2. The zero-order chi connectivity index (χ0) is 16.1. The fourth-order valence-electron chi connectivity index (χ4n) is 3.52. The van der Waals surface area contributed by atoms with Gasteiger partial charge in [-0.05, 0) is 42.3 Å². The highest BCUT2D eigenvalue weighted by Crippen LogP contribution is 2.37. The van der Waals surface area contributed by atoms with Crippen LogP contribution in [0, 0.1) is 6.92 Å². The molecule has 1 aliphatic heterocycles. The Hall–Kier alpha value is -3.13. The summed E-state index contributed by atoms with van der Waals surface area (Å²) >= 11 is 0. The highest BCUT2D eigenvalue weighted by Gasteiger charge is 2.19. The molecule has 5 rings (SSSR count). The molecule has 24 heavy (non-hydrogen) atoms. The maximum absolute atomic E-state index is 4.64. The van der Waals surface area contributed by atoms with Crippen LogP contribution in [0.4, 0.5) is 0 Å². The Morgan fingerprint density at radius 1 is 0.875 bits per heavy atom. The molecule has 2 aromatic carbocycles. The minimum absolute atomic E-state index is 0.988. The van der Waals surface area contributed by atoms with Crippen molar-refractivity contribution in [1.82, 2.24) is 9.55 Å². The fraction of sp³-hybridized carbons (Fsp3) is 0.0455. The zero-order valence-corrected chi connectivity index (χ0v) is 13.4. The van der Waals surface area contributed by atoms with Gasteiger partial charge in [0.05, 0.1) is 5.52 Å². The van der Waals surface area contributed by atoms with Crippen LogP contribution in [0.15, 0.2) is 73.1 Å². The van der Waals surface area contributed by atoms with E-state index in [0.717, 1.165) is 11.4 Å². The molecular formula is C22H16N2. The third-order valence-electron chi connectivity index (χ3n) is 4.71. The van der Waals surface area contributed by atoms with E-state index in [4.69, 9.17) is 0 Å². The first-order valence-electron chi connectivity index (χ1n) is 8.16. The Bertz CT molecular complexity index is 1100. The molecule has 0 N–H and O–H groups in total. The minimum atomic E-state index is 0.988. The van der Waals surface area contributed by atoms with Gasteiger partial charge < -0.3 is 4.57 Å². The normalized spacial score (nSPS) is 12.6. The Labute approximate surface area is 140 Å². The van der Waals surface area contributed by atoms with Crippen molar-refractivity contribution in [2.75, 3.05) is 0 Å². The van der Waals surface area contributed by atoms with Crippen molar-refractivity contribution < 1.29 is 0 Å². The van der Waals surface area contributed by atoms with Gasteiger partial charge in [0.1, 0.15) is 5.82 Å². The second kappa shape index (κ2) is 4.93. The first-order valence-corrected chi connectivity index (χ1v) is 8.16. The van der Waals surface area contributed by atoms with E-state index in [2.05, 4.69) is 83.3 Å². The second-order valence-electron chi connectivity index (χ2n) is 6.27. The summed E-state index contributed by atoms with van der Waals surface area (Å²) in [6.07, 6.45) is 6.23. The summed E-state index contributed by atoms with van der Waals surface area (Å²) in [4.78, 5) is 4.64. The third-order valence-corrected chi connectivity index (χ3v) is 4.71. The van der Waals surface area contributed by atoms with Gasteiger partial charge in [-0.15, -0.1) is 0 Å². The number of hydrogen-bond acceptors (Lipinski definition) is 1. The standard InChI is InChI=1S/C22H16N2/c1-15-7-9-16(10-8-15)20-14-18-5-3-12-23-22(18)24-13-11-17-4-2-6-19(20)21(17)24/h2-14H,1H3. The van der Waals surface area contributed by atoms with Crippen molar-refractivity contribution in [2.45, 2.75) is 6.92 Å². The van der Waals surface area contributed by atoms with Crippen molar-refractivity contribution in [1.29, 1.82) is 0 Å². The number of benzene rings is 2. The first-order chi connectivity index (χ1) is 11.8. The molecule has 2 nitrogen and oxygen atoms in total. The van der Waals surface area contributed by atoms with E-state index in [0.29, 0.717) is 0 Å². The highest BCUT2D eigenvalue weighted by atomic mass is 15.1. The van der Waals surface area contributed by atoms with Gasteiger partial charge in [0.2, 0.25) is 0 Å². The van der Waals surface area contributed by atoms with E-state index in [1.165, 1.54) is 33.2 Å². The number of hydrogen-bond donors (Lipinski definition) is 0. The lowest BCUT2D eigenvalue weighted by molar-refractivity contribution is 1.04. The molecule has 4 aromatic rings. The minimum Gasteiger partial charge on any atom is -0.300 e. The van der Waals surface area contributed by atoms with Crippen molar-refractivity contribution in [3.63, 3.8) is 0 Å². The molecule has 0 unspecified atom stereocenters. The van der Waals surface area contributed by atoms with Gasteiger partial charge in [0, 0.05) is 28.9 Å². The third kappa shape index (κ3) is 1.86. The van der Waals surface area contributed by atoms with Crippen molar-refractivity contribution in [3.05, 3.63) is 95.3 Å². The van der Waals surface area contributed by atoms with Gasteiger partial charge in [-0.25, -0.2) is 4.98 Å². The smallest absolute Gasteiger partial charge is 0.144 e. The SMILES string of the molecule is Cc1ccc(C2=Cc3cccnc3-n3ccc4cccc2c43)cc1. The van der Waals surface area contributed by atoms with E-state index in [-0.39, 0.29) is 0 Å². The highest BCUT2D eigenvalue weighted by molar-refractivity contribution is 6.04. The molecular weight excluding hydrogens is 292 g/mol. The van der Waals surface area contributed by atoms with Crippen LogP contribution < -0.4 is 0 Å².